The summed E-state index contributed by atoms with van der Waals surface area (Å²) in [7, 11) is 1.44. The van der Waals surface area contributed by atoms with E-state index in [1.54, 1.807) is 15.9 Å². The van der Waals surface area contributed by atoms with Crippen LogP contribution < -0.4 is 20.0 Å². The number of hydrogen-bond donors (Lipinski definition) is 1. The summed E-state index contributed by atoms with van der Waals surface area (Å²) in [5, 5.41) is 2.99. The lowest BCUT2D eigenvalue weighted by Crippen LogP contribution is -2.78. The van der Waals surface area contributed by atoms with Crippen LogP contribution in [-0.4, -0.2) is 103 Å². The van der Waals surface area contributed by atoms with Crippen LogP contribution in [-0.2, 0) is 25.4 Å². The van der Waals surface area contributed by atoms with E-state index in [0.29, 0.717) is 26.2 Å². The summed E-state index contributed by atoms with van der Waals surface area (Å²) < 4.78 is 56.6. The summed E-state index contributed by atoms with van der Waals surface area (Å²) in [6, 6.07) is 4.76. The predicted octanol–water partition coefficient (Wildman–Crippen LogP) is 1.95. The molecule has 244 valence electrons. The molecule has 3 fully saturated rings. The summed E-state index contributed by atoms with van der Waals surface area (Å²) in [4.78, 5) is 63.8. The number of alkyl halides is 3. The van der Waals surface area contributed by atoms with Gasteiger partial charge in [-0.2, -0.15) is 13.2 Å². The molecule has 4 amide bonds. The van der Waals surface area contributed by atoms with Gasteiger partial charge in [0.15, 0.2) is 0 Å². The van der Waals surface area contributed by atoms with Crippen LogP contribution in [0, 0.1) is 18.7 Å². The molecule has 0 radical (unpaired) electrons. The lowest BCUT2D eigenvalue weighted by Gasteiger charge is -2.54. The maximum absolute atomic E-state index is 15.6. The lowest BCUT2D eigenvalue weighted by molar-refractivity contribution is -0.143. The first-order valence-electron chi connectivity index (χ1n) is 14.8. The number of likely N-dealkylation sites (tertiary alicyclic amines) is 1. The van der Waals surface area contributed by atoms with Gasteiger partial charge in [0.1, 0.15) is 17.7 Å². The second-order valence-electron chi connectivity index (χ2n) is 12.4. The highest BCUT2D eigenvalue weighted by Crippen LogP contribution is 2.41. The Labute approximate surface area is 262 Å². The number of amides is 4. The summed E-state index contributed by atoms with van der Waals surface area (Å²) in [6.07, 6.45) is -3.64. The van der Waals surface area contributed by atoms with Crippen molar-refractivity contribution in [1.29, 1.82) is 0 Å². The van der Waals surface area contributed by atoms with E-state index in [9.17, 15) is 32.3 Å². The SMILES string of the molecule is C=CC(=O)N1CC2(CN(CCN3C[C@H]4CC(=O)N(c5cc(C(F)(F)F)cc(C)n5)[C@@H]4C(=O)N(C)c4cccc(F)c43)CC(=O)N2)C1. The third-order valence-corrected chi connectivity index (χ3v) is 9.08. The minimum absolute atomic E-state index is 0.0357. The normalized spacial score (nSPS) is 23.0. The first-order valence-corrected chi connectivity index (χ1v) is 14.8. The van der Waals surface area contributed by atoms with Crippen LogP contribution >= 0.6 is 0 Å². The van der Waals surface area contributed by atoms with E-state index in [0.717, 1.165) is 17.0 Å². The Morgan fingerprint density at radius 3 is 2.59 bits per heavy atom. The fourth-order valence-corrected chi connectivity index (χ4v) is 7.10. The Hall–Kier alpha value is -4.53. The number of halogens is 4. The number of nitrogens with one attached hydrogen (secondary N) is 1. The topological polar surface area (TPSA) is 109 Å². The Kier molecular flexibility index (Phi) is 7.77. The van der Waals surface area contributed by atoms with Gasteiger partial charge < -0.3 is 20.0 Å². The molecule has 46 heavy (non-hydrogen) atoms. The molecule has 0 saturated carbocycles. The molecule has 6 rings (SSSR count). The van der Waals surface area contributed by atoms with E-state index in [2.05, 4.69) is 16.9 Å². The van der Waals surface area contributed by atoms with Crippen LogP contribution in [0.1, 0.15) is 17.7 Å². The smallest absolute Gasteiger partial charge is 0.366 e. The van der Waals surface area contributed by atoms with Crippen molar-refractivity contribution in [2.24, 2.45) is 5.92 Å². The molecule has 0 bridgehead atoms. The second kappa shape index (κ2) is 11.4. The number of carbonyl (C=O) groups is 4. The number of nitrogens with zero attached hydrogens (tertiary/aromatic N) is 6. The molecule has 5 heterocycles. The van der Waals surface area contributed by atoms with Gasteiger partial charge in [0.2, 0.25) is 23.6 Å². The van der Waals surface area contributed by atoms with Crippen molar-refractivity contribution in [1.82, 2.24) is 20.1 Å². The van der Waals surface area contributed by atoms with Crippen LogP contribution in [0.4, 0.5) is 34.8 Å². The fourth-order valence-electron chi connectivity index (χ4n) is 7.10. The number of likely N-dealkylation sites (N-methyl/N-ethyl adjacent to an activating group) is 1. The molecule has 3 saturated heterocycles. The van der Waals surface area contributed by atoms with E-state index >= 15 is 4.39 Å². The van der Waals surface area contributed by atoms with Crippen molar-refractivity contribution >= 4 is 40.8 Å². The number of anilines is 3. The largest absolute Gasteiger partial charge is 0.416 e. The quantitative estimate of drug-likeness (QED) is 0.392. The van der Waals surface area contributed by atoms with Crippen molar-refractivity contribution < 1.29 is 36.7 Å². The van der Waals surface area contributed by atoms with Crippen LogP contribution in [0.2, 0.25) is 0 Å². The van der Waals surface area contributed by atoms with E-state index in [-0.39, 0.29) is 60.8 Å². The highest BCUT2D eigenvalue weighted by Gasteiger charge is 2.51. The second-order valence-corrected chi connectivity index (χ2v) is 12.4. The van der Waals surface area contributed by atoms with Gasteiger partial charge in [-0.15, -0.1) is 0 Å². The number of piperazine rings is 1. The fraction of sp³-hybridized carbons (Fsp3) is 0.452. The van der Waals surface area contributed by atoms with E-state index < -0.39 is 46.9 Å². The number of pyridine rings is 1. The molecule has 2 atom stereocenters. The number of benzene rings is 1. The highest BCUT2D eigenvalue weighted by atomic mass is 19.4. The zero-order valence-corrected chi connectivity index (χ0v) is 25.3. The van der Waals surface area contributed by atoms with Crippen molar-refractivity contribution in [2.75, 3.05) is 67.6 Å². The van der Waals surface area contributed by atoms with Crippen molar-refractivity contribution in [2.45, 2.75) is 31.1 Å². The van der Waals surface area contributed by atoms with Crippen LogP contribution in [0.5, 0.6) is 0 Å². The Balaban J connectivity index is 1.30. The molecule has 2 aromatic rings. The Morgan fingerprint density at radius 2 is 1.89 bits per heavy atom. The third-order valence-electron chi connectivity index (χ3n) is 9.08. The van der Waals surface area contributed by atoms with Crippen LogP contribution in [0.25, 0.3) is 0 Å². The number of fused-ring (bicyclic) bond motifs is 2. The zero-order chi connectivity index (χ0) is 33.1. The summed E-state index contributed by atoms with van der Waals surface area (Å²) in [5.74, 6) is -3.13. The van der Waals surface area contributed by atoms with Gasteiger partial charge in [0.25, 0.3) is 0 Å². The van der Waals surface area contributed by atoms with Crippen molar-refractivity contribution in [3.63, 3.8) is 0 Å². The van der Waals surface area contributed by atoms with E-state index in [1.807, 2.05) is 4.90 Å². The number of rotatable bonds is 5. The summed E-state index contributed by atoms with van der Waals surface area (Å²) in [6.45, 7) is 6.67. The van der Waals surface area contributed by atoms with Gasteiger partial charge in [-0.1, -0.05) is 12.6 Å². The molecule has 11 nitrogen and oxygen atoms in total. The molecule has 4 aliphatic rings. The van der Waals surface area contributed by atoms with Gasteiger partial charge in [-0.05, 0) is 37.3 Å². The van der Waals surface area contributed by atoms with E-state index in [1.165, 1.54) is 37.1 Å². The van der Waals surface area contributed by atoms with E-state index in [4.69, 9.17) is 0 Å². The average molecular weight is 644 g/mol. The molecule has 0 aliphatic carbocycles. The average Bonchev–Trinajstić information content (AvgIpc) is 3.30. The molecule has 1 aromatic heterocycles. The molecule has 1 spiro atoms. The van der Waals surface area contributed by atoms with Gasteiger partial charge >= 0.3 is 6.18 Å². The molecule has 1 aromatic carbocycles. The standard InChI is InChI=1S/C31H33F4N7O4/c1-4-25(44)41-16-30(17-41)15-39(14-24(43)37-30)8-9-40-13-19-11-26(45)42(23-12-20(31(33,34)35)10-18(2)36-23)27(19)29(46)38(3)22-7-5-6-21(32)28(22)40/h4-7,10,12,19,27H,1,8-9,11,13-17H2,2-3H3,(H,37,43)/t19-,27+/m1/s1. The van der Waals surface area contributed by atoms with Crippen LogP contribution in [0.15, 0.2) is 43.0 Å². The molecule has 1 N–H and O–H groups in total. The van der Waals surface area contributed by atoms with Crippen molar-refractivity contribution in [3.8, 4) is 0 Å². The molecular formula is C31H33F4N7O4. The minimum Gasteiger partial charge on any atom is -0.366 e. The monoisotopic (exact) mass is 643 g/mol. The van der Waals surface area contributed by atoms with Crippen molar-refractivity contribution in [3.05, 3.63) is 60.1 Å². The zero-order valence-electron chi connectivity index (χ0n) is 25.3. The molecular weight excluding hydrogens is 610 g/mol. The summed E-state index contributed by atoms with van der Waals surface area (Å²) >= 11 is 0. The minimum atomic E-state index is -4.69. The lowest BCUT2D eigenvalue weighted by atomic mass is 9.87. The summed E-state index contributed by atoms with van der Waals surface area (Å²) in [5.41, 5.74) is -1.17. The molecule has 15 heteroatoms. The van der Waals surface area contributed by atoms with Gasteiger partial charge in [0, 0.05) is 64.3 Å². The Bertz CT molecular complexity index is 1630. The number of aromatic nitrogens is 1. The highest BCUT2D eigenvalue weighted by molar-refractivity contribution is 6.10. The number of aryl methyl sites for hydroxylation is 1. The van der Waals surface area contributed by atoms with Gasteiger partial charge in [0.05, 0.1) is 29.0 Å². The van der Waals surface area contributed by atoms with Gasteiger partial charge in [-0.25, -0.2) is 9.37 Å². The Morgan fingerprint density at radius 1 is 1.15 bits per heavy atom. The first-order chi connectivity index (χ1) is 21.7. The first kappa shape index (κ1) is 31.5. The molecule has 4 aliphatic heterocycles. The predicted molar refractivity (Wildman–Crippen MR) is 159 cm³/mol. The molecule has 0 unspecified atom stereocenters. The number of carbonyl (C=O) groups excluding carboxylic acids is 4. The van der Waals surface area contributed by atoms with Gasteiger partial charge in [-0.3, -0.25) is 29.0 Å². The van der Waals surface area contributed by atoms with Crippen LogP contribution in [0.3, 0.4) is 0 Å². The number of hydrogen-bond acceptors (Lipinski definition) is 7. The number of para-hydroxylation sites is 1. The maximum Gasteiger partial charge on any atom is 0.416 e. The maximum atomic E-state index is 15.6. The third kappa shape index (κ3) is 5.56.